The van der Waals surface area contributed by atoms with Crippen molar-refractivity contribution in [3.05, 3.63) is 28.8 Å². The van der Waals surface area contributed by atoms with Crippen LogP contribution in [0.25, 0.3) is 0 Å². The Balaban J connectivity index is 1.73. The van der Waals surface area contributed by atoms with Crippen molar-refractivity contribution in [1.82, 2.24) is 0 Å². The van der Waals surface area contributed by atoms with Gasteiger partial charge in [-0.15, -0.1) is 0 Å². The van der Waals surface area contributed by atoms with Gasteiger partial charge in [-0.1, -0.05) is 24.4 Å². The van der Waals surface area contributed by atoms with E-state index in [1.54, 1.807) is 6.07 Å². The minimum Gasteiger partial charge on any atom is -0.382 e. The minimum absolute atomic E-state index is 0.302. The first-order chi connectivity index (χ1) is 10.2. The number of nitrogens with zero attached hydrogens (tertiary/aromatic N) is 1. The third-order valence-electron chi connectivity index (χ3n) is 5.12. The van der Waals surface area contributed by atoms with Crippen LogP contribution in [0.2, 0.25) is 5.02 Å². The van der Waals surface area contributed by atoms with Gasteiger partial charge in [0.1, 0.15) is 6.07 Å². The van der Waals surface area contributed by atoms with E-state index in [1.807, 2.05) is 12.1 Å². The van der Waals surface area contributed by atoms with Gasteiger partial charge in [-0.25, -0.2) is 0 Å². The fourth-order valence-electron chi connectivity index (χ4n) is 3.99. The molecule has 0 saturated heterocycles. The summed E-state index contributed by atoms with van der Waals surface area (Å²) in [6.45, 7) is 2.87. The van der Waals surface area contributed by atoms with E-state index in [-0.39, 0.29) is 0 Å². The third kappa shape index (κ3) is 2.52. The summed E-state index contributed by atoms with van der Waals surface area (Å²) >= 11 is 6.12. The molecule has 0 heterocycles. The molecule has 1 N–H and O–H groups in total. The summed E-state index contributed by atoms with van der Waals surface area (Å²) in [5, 5.41) is 13.1. The van der Waals surface area contributed by atoms with Crippen molar-refractivity contribution in [1.29, 1.82) is 5.26 Å². The fourth-order valence-corrected chi connectivity index (χ4v) is 4.21. The van der Waals surface area contributed by atoms with E-state index >= 15 is 0 Å². The molecule has 2 saturated carbocycles. The fraction of sp³-hybridized carbons (Fsp3) is 0.588. The van der Waals surface area contributed by atoms with Gasteiger partial charge in [-0.2, -0.15) is 5.26 Å². The summed E-state index contributed by atoms with van der Waals surface area (Å²) in [4.78, 5) is 0. The molecular formula is C17H21ClN2O. The average Bonchev–Trinajstić information content (AvgIpc) is 2.99. The molecule has 3 nitrogen and oxygen atoms in total. The van der Waals surface area contributed by atoms with Crippen molar-refractivity contribution >= 4 is 17.3 Å². The van der Waals surface area contributed by atoms with Crippen LogP contribution >= 0.6 is 11.6 Å². The Kier molecular flexibility index (Phi) is 4.10. The lowest BCUT2D eigenvalue weighted by Gasteiger charge is -2.54. The Morgan fingerprint density at radius 2 is 2.19 bits per heavy atom. The first kappa shape index (κ1) is 14.7. The summed E-state index contributed by atoms with van der Waals surface area (Å²) in [5.41, 5.74) is 1.83. The molecule has 2 fully saturated rings. The normalized spacial score (nSPS) is 26.3. The monoisotopic (exact) mass is 304 g/mol. The van der Waals surface area contributed by atoms with Crippen molar-refractivity contribution in [2.24, 2.45) is 5.41 Å². The van der Waals surface area contributed by atoms with Crippen molar-refractivity contribution < 1.29 is 4.74 Å². The van der Waals surface area contributed by atoms with E-state index in [0.29, 0.717) is 28.1 Å². The van der Waals surface area contributed by atoms with Crippen LogP contribution in [-0.4, -0.2) is 18.8 Å². The first-order valence-corrected chi connectivity index (χ1v) is 8.15. The predicted octanol–water partition coefficient (Wildman–Crippen LogP) is 4.36. The molecule has 4 heteroatoms. The second kappa shape index (κ2) is 5.87. The molecule has 1 aromatic carbocycles. The zero-order valence-electron chi connectivity index (χ0n) is 12.4. The molecule has 0 radical (unpaired) electrons. The second-order valence-electron chi connectivity index (χ2n) is 6.12. The lowest BCUT2D eigenvalue weighted by Crippen LogP contribution is -2.60. The first-order valence-electron chi connectivity index (χ1n) is 7.77. The van der Waals surface area contributed by atoms with Gasteiger partial charge in [0.15, 0.2) is 0 Å². The van der Waals surface area contributed by atoms with Crippen LogP contribution in [0.3, 0.4) is 0 Å². The SMILES string of the molecule is CCOC1CC(Nc2ccc(C#N)c(Cl)c2)C12CCCC2. The maximum atomic E-state index is 8.94. The maximum absolute atomic E-state index is 8.94. The van der Waals surface area contributed by atoms with E-state index in [2.05, 4.69) is 18.3 Å². The van der Waals surface area contributed by atoms with Crippen molar-refractivity contribution in [3.63, 3.8) is 0 Å². The molecule has 3 rings (SSSR count). The summed E-state index contributed by atoms with van der Waals surface area (Å²) < 4.78 is 5.93. The maximum Gasteiger partial charge on any atom is 0.101 e. The van der Waals surface area contributed by atoms with Crippen molar-refractivity contribution in [3.8, 4) is 6.07 Å². The largest absolute Gasteiger partial charge is 0.382 e. The summed E-state index contributed by atoms with van der Waals surface area (Å²) in [7, 11) is 0. The quantitative estimate of drug-likeness (QED) is 0.899. The highest BCUT2D eigenvalue weighted by Gasteiger charge is 2.56. The number of halogens is 1. The van der Waals surface area contributed by atoms with E-state index in [1.165, 1.54) is 25.7 Å². The zero-order chi connectivity index (χ0) is 14.9. The summed E-state index contributed by atoms with van der Waals surface area (Å²) in [6.07, 6.45) is 6.56. The number of hydrogen-bond donors (Lipinski definition) is 1. The van der Waals surface area contributed by atoms with E-state index < -0.39 is 0 Å². The Morgan fingerprint density at radius 1 is 1.43 bits per heavy atom. The number of ether oxygens (including phenoxy) is 1. The molecule has 2 unspecified atom stereocenters. The van der Waals surface area contributed by atoms with Crippen LogP contribution in [0.5, 0.6) is 0 Å². The minimum atomic E-state index is 0.302. The van der Waals surface area contributed by atoms with E-state index in [4.69, 9.17) is 21.6 Å². The van der Waals surface area contributed by atoms with Crippen LogP contribution in [0, 0.1) is 16.7 Å². The molecule has 21 heavy (non-hydrogen) atoms. The van der Waals surface area contributed by atoms with Gasteiger partial charge < -0.3 is 10.1 Å². The third-order valence-corrected chi connectivity index (χ3v) is 5.43. The molecule has 1 aromatic rings. The number of hydrogen-bond acceptors (Lipinski definition) is 3. The highest BCUT2D eigenvalue weighted by molar-refractivity contribution is 6.32. The van der Waals surface area contributed by atoms with Crippen LogP contribution in [0.4, 0.5) is 5.69 Å². The van der Waals surface area contributed by atoms with E-state index in [9.17, 15) is 0 Å². The lowest BCUT2D eigenvalue weighted by atomic mass is 9.60. The van der Waals surface area contributed by atoms with Crippen LogP contribution in [-0.2, 0) is 4.74 Å². The number of anilines is 1. The van der Waals surface area contributed by atoms with Crippen LogP contribution in [0.15, 0.2) is 18.2 Å². The van der Waals surface area contributed by atoms with Gasteiger partial charge in [-0.3, -0.25) is 0 Å². The molecule has 0 aromatic heterocycles. The molecule has 0 amide bonds. The van der Waals surface area contributed by atoms with Gasteiger partial charge >= 0.3 is 0 Å². The van der Waals surface area contributed by atoms with Gasteiger partial charge in [0, 0.05) is 23.8 Å². The Hall–Kier alpha value is -1.24. The molecule has 2 aliphatic carbocycles. The van der Waals surface area contributed by atoms with E-state index in [0.717, 1.165) is 18.7 Å². The number of nitriles is 1. The Morgan fingerprint density at radius 3 is 2.81 bits per heavy atom. The molecule has 112 valence electrons. The molecule has 0 bridgehead atoms. The van der Waals surface area contributed by atoms with Gasteiger partial charge in [0.2, 0.25) is 0 Å². The Bertz CT molecular complexity index is 560. The van der Waals surface area contributed by atoms with Gasteiger partial charge in [0.05, 0.1) is 16.7 Å². The molecule has 2 aliphatic rings. The summed E-state index contributed by atoms with van der Waals surface area (Å²) in [6, 6.07) is 8.14. The topological polar surface area (TPSA) is 45.0 Å². The molecular weight excluding hydrogens is 284 g/mol. The van der Waals surface area contributed by atoms with Crippen LogP contribution < -0.4 is 5.32 Å². The smallest absolute Gasteiger partial charge is 0.101 e. The van der Waals surface area contributed by atoms with Crippen molar-refractivity contribution in [2.75, 3.05) is 11.9 Å². The Labute approximate surface area is 131 Å². The number of nitrogens with one attached hydrogen (secondary N) is 1. The standard InChI is InChI=1S/C17H21ClN2O/c1-2-21-16-10-15(17(16)7-3-4-8-17)20-13-6-5-12(11-19)14(18)9-13/h5-6,9,15-16,20H,2-4,7-8,10H2,1H3. The second-order valence-corrected chi connectivity index (χ2v) is 6.53. The van der Waals surface area contributed by atoms with Gasteiger partial charge in [0.25, 0.3) is 0 Å². The lowest BCUT2D eigenvalue weighted by molar-refractivity contribution is -0.114. The van der Waals surface area contributed by atoms with Gasteiger partial charge in [-0.05, 0) is 44.4 Å². The number of rotatable bonds is 4. The summed E-state index contributed by atoms with van der Waals surface area (Å²) in [5.74, 6) is 0. The van der Waals surface area contributed by atoms with Crippen molar-refractivity contribution in [2.45, 2.75) is 51.2 Å². The predicted molar refractivity (Wildman–Crippen MR) is 84.5 cm³/mol. The highest BCUT2D eigenvalue weighted by atomic mass is 35.5. The molecule has 0 aliphatic heterocycles. The van der Waals surface area contributed by atoms with Crippen LogP contribution in [0.1, 0.15) is 44.6 Å². The molecule has 1 spiro atoms. The average molecular weight is 305 g/mol. The zero-order valence-corrected chi connectivity index (χ0v) is 13.1. The number of benzene rings is 1. The highest BCUT2D eigenvalue weighted by Crippen LogP contribution is 2.55. The molecule has 2 atom stereocenters.